The fourth-order valence-electron chi connectivity index (χ4n) is 3.49. The van der Waals surface area contributed by atoms with Crippen molar-refractivity contribution < 1.29 is 14.3 Å². The number of amides is 2. The highest BCUT2D eigenvalue weighted by atomic mass is 16.5. The first kappa shape index (κ1) is 15.4. The van der Waals surface area contributed by atoms with E-state index in [9.17, 15) is 4.79 Å². The topological polar surface area (TPSA) is 68.1 Å². The molecule has 0 radical (unpaired) electrons. The third kappa shape index (κ3) is 2.97. The van der Waals surface area contributed by atoms with Crippen molar-refractivity contribution in [1.29, 1.82) is 0 Å². The van der Waals surface area contributed by atoms with Crippen LogP contribution in [-0.4, -0.2) is 59.1 Å². The van der Waals surface area contributed by atoms with Gasteiger partial charge in [-0.3, -0.25) is 0 Å². The van der Waals surface area contributed by atoms with E-state index in [1.54, 1.807) is 6.20 Å². The van der Waals surface area contributed by atoms with Crippen molar-refractivity contribution in [2.24, 2.45) is 0 Å². The molecule has 1 N–H and O–H groups in total. The highest BCUT2D eigenvalue weighted by Crippen LogP contribution is 2.27. The van der Waals surface area contributed by atoms with Crippen molar-refractivity contribution in [2.45, 2.75) is 25.0 Å². The molecule has 2 amide bonds. The van der Waals surface area contributed by atoms with Gasteiger partial charge in [0, 0.05) is 31.5 Å². The number of aromatic nitrogens is 2. The molecular formula is C17H22N4O3. The number of hydrogen-bond donors (Lipinski definition) is 1. The summed E-state index contributed by atoms with van der Waals surface area (Å²) in [6.07, 6.45) is 5.63. The monoisotopic (exact) mass is 330 g/mol. The number of nitrogens with one attached hydrogen (secondary N) is 1. The smallest absolute Gasteiger partial charge is 0.317 e. The highest BCUT2D eigenvalue weighted by Gasteiger charge is 2.40. The Morgan fingerprint density at radius 1 is 1.38 bits per heavy atom. The van der Waals surface area contributed by atoms with Crippen LogP contribution in [0.1, 0.15) is 18.4 Å². The number of carbonyl (C=O) groups excluding carboxylic acids is 1. The Morgan fingerprint density at radius 3 is 3.21 bits per heavy atom. The summed E-state index contributed by atoms with van der Waals surface area (Å²) < 4.78 is 13.3. The Kier molecular flexibility index (Phi) is 4.12. The lowest BCUT2D eigenvalue weighted by Gasteiger charge is -2.44. The lowest BCUT2D eigenvalue weighted by atomic mass is 9.94. The maximum atomic E-state index is 12.5. The minimum atomic E-state index is -0.321. The van der Waals surface area contributed by atoms with Crippen LogP contribution in [0.2, 0.25) is 0 Å². The Labute approximate surface area is 140 Å². The molecule has 7 heteroatoms. The molecule has 1 atom stereocenters. The summed E-state index contributed by atoms with van der Waals surface area (Å²) in [4.78, 5) is 14.4. The minimum absolute atomic E-state index is 0.0569. The van der Waals surface area contributed by atoms with Crippen LogP contribution in [0.25, 0.3) is 5.52 Å². The molecule has 0 aliphatic carbocycles. The van der Waals surface area contributed by atoms with Gasteiger partial charge in [-0.1, -0.05) is 6.07 Å². The van der Waals surface area contributed by atoms with E-state index >= 15 is 0 Å². The van der Waals surface area contributed by atoms with E-state index in [4.69, 9.17) is 9.47 Å². The molecule has 2 aromatic rings. The van der Waals surface area contributed by atoms with Gasteiger partial charge in [0.25, 0.3) is 0 Å². The number of carbonyl (C=O) groups is 1. The average Bonchev–Trinajstić information content (AvgIpc) is 3.03. The van der Waals surface area contributed by atoms with E-state index in [1.807, 2.05) is 33.8 Å². The third-order valence-corrected chi connectivity index (χ3v) is 4.76. The Balaban J connectivity index is 1.39. The van der Waals surface area contributed by atoms with Gasteiger partial charge in [-0.05, 0) is 25.0 Å². The second-order valence-electron chi connectivity index (χ2n) is 6.47. The number of morpholine rings is 1. The number of fused-ring (bicyclic) bond motifs is 1. The second-order valence-corrected chi connectivity index (χ2v) is 6.47. The molecule has 0 saturated carbocycles. The van der Waals surface area contributed by atoms with E-state index in [-0.39, 0.29) is 11.6 Å². The van der Waals surface area contributed by atoms with E-state index in [0.29, 0.717) is 32.8 Å². The zero-order valence-corrected chi connectivity index (χ0v) is 13.6. The molecular weight excluding hydrogens is 308 g/mol. The molecule has 1 unspecified atom stereocenters. The molecule has 1 spiro atoms. The first-order valence-electron chi connectivity index (χ1n) is 8.42. The maximum absolute atomic E-state index is 12.5. The zero-order valence-electron chi connectivity index (χ0n) is 13.6. The summed E-state index contributed by atoms with van der Waals surface area (Å²) in [5.74, 6) is 0. The minimum Gasteiger partial charge on any atom is -0.378 e. The summed E-state index contributed by atoms with van der Waals surface area (Å²) in [7, 11) is 0. The van der Waals surface area contributed by atoms with Crippen LogP contribution in [0.15, 0.2) is 30.6 Å². The number of nitrogens with zero attached hydrogens (tertiary/aromatic N) is 3. The quantitative estimate of drug-likeness (QED) is 0.904. The number of urea groups is 1. The van der Waals surface area contributed by atoms with E-state index in [1.165, 1.54) is 0 Å². The van der Waals surface area contributed by atoms with Crippen molar-refractivity contribution in [3.8, 4) is 0 Å². The van der Waals surface area contributed by atoms with Gasteiger partial charge < -0.3 is 19.7 Å². The van der Waals surface area contributed by atoms with Crippen molar-refractivity contribution >= 4 is 11.5 Å². The van der Waals surface area contributed by atoms with E-state index in [2.05, 4.69) is 10.4 Å². The van der Waals surface area contributed by atoms with Crippen LogP contribution >= 0.6 is 0 Å². The van der Waals surface area contributed by atoms with Crippen LogP contribution in [-0.2, 0) is 16.0 Å². The largest absolute Gasteiger partial charge is 0.378 e. The predicted molar refractivity (Wildman–Crippen MR) is 87.7 cm³/mol. The number of hydrogen-bond acceptors (Lipinski definition) is 4. The maximum Gasteiger partial charge on any atom is 0.317 e. The second kappa shape index (κ2) is 6.41. The van der Waals surface area contributed by atoms with E-state index < -0.39 is 0 Å². The molecule has 0 bridgehead atoms. The fraction of sp³-hybridized carbons (Fsp3) is 0.529. The van der Waals surface area contributed by atoms with Gasteiger partial charge in [-0.2, -0.15) is 5.10 Å². The molecule has 7 nitrogen and oxygen atoms in total. The molecule has 128 valence electrons. The normalized spacial score (nSPS) is 24.4. The SMILES string of the molecule is O=C(NCc1cnn2ccccc12)N1CCOC2(CCCOC2)C1. The summed E-state index contributed by atoms with van der Waals surface area (Å²) in [6.45, 7) is 3.59. The summed E-state index contributed by atoms with van der Waals surface area (Å²) in [5.41, 5.74) is 1.70. The molecule has 2 aliphatic rings. The van der Waals surface area contributed by atoms with Crippen LogP contribution in [0, 0.1) is 0 Å². The first-order valence-corrected chi connectivity index (χ1v) is 8.42. The lowest BCUT2D eigenvalue weighted by Crippen LogP contribution is -2.58. The number of pyridine rings is 1. The van der Waals surface area contributed by atoms with Gasteiger partial charge in [0.1, 0.15) is 5.60 Å². The van der Waals surface area contributed by atoms with Crippen molar-refractivity contribution in [2.75, 3.05) is 32.9 Å². The van der Waals surface area contributed by atoms with Crippen LogP contribution < -0.4 is 5.32 Å². The number of ether oxygens (including phenoxy) is 2. The number of rotatable bonds is 2. The van der Waals surface area contributed by atoms with Crippen molar-refractivity contribution in [3.63, 3.8) is 0 Å². The molecule has 2 aliphatic heterocycles. The van der Waals surface area contributed by atoms with Crippen LogP contribution in [0.4, 0.5) is 4.79 Å². The van der Waals surface area contributed by atoms with Gasteiger partial charge in [-0.15, -0.1) is 0 Å². The van der Waals surface area contributed by atoms with Gasteiger partial charge in [0.2, 0.25) is 0 Å². The Bertz CT molecular complexity index is 718. The standard InChI is InChI=1S/C17H22N4O3/c22-16(18-10-14-11-19-21-6-2-1-4-15(14)21)20-7-9-24-17(12-20)5-3-8-23-13-17/h1-2,4,6,11H,3,5,7-10,12-13H2,(H,18,22). The average molecular weight is 330 g/mol. The molecule has 2 aromatic heterocycles. The third-order valence-electron chi connectivity index (χ3n) is 4.76. The van der Waals surface area contributed by atoms with Crippen molar-refractivity contribution in [3.05, 3.63) is 36.2 Å². The van der Waals surface area contributed by atoms with Crippen molar-refractivity contribution in [1.82, 2.24) is 19.8 Å². The zero-order chi connectivity index (χ0) is 16.4. The highest BCUT2D eigenvalue weighted by molar-refractivity contribution is 5.74. The lowest BCUT2D eigenvalue weighted by molar-refractivity contribution is -0.160. The first-order chi connectivity index (χ1) is 11.8. The van der Waals surface area contributed by atoms with Gasteiger partial charge in [0.05, 0.1) is 31.5 Å². The van der Waals surface area contributed by atoms with Crippen LogP contribution in [0.3, 0.4) is 0 Å². The van der Waals surface area contributed by atoms with Gasteiger partial charge in [-0.25, -0.2) is 9.31 Å². The molecule has 4 heterocycles. The van der Waals surface area contributed by atoms with E-state index in [0.717, 1.165) is 30.5 Å². The summed E-state index contributed by atoms with van der Waals surface area (Å²) in [5, 5.41) is 7.30. The Morgan fingerprint density at radius 2 is 2.33 bits per heavy atom. The molecule has 2 fully saturated rings. The molecule has 24 heavy (non-hydrogen) atoms. The summed E-state index contributed by atoms with van der Waals surface area (Å²) >= 11 is 0. The predicted octanol–water partition coefficient (Wildman–Crippen LogP) is 1.43. The fourth-order valence-corrected chi connectivity index (χ4v) is 3.49. The van der Waals surface area contributed by atoms with Gasteiger partial charge >= 0.3 is 6.03 Å². The molecule has 2 saturated heterocycles. The molecule has 4 rings (SSSR count). The van der Waals surface area contributed by atoms with Gasteiger partial charge in [0.15, 0.2) is 0 Å². The Hall–Kier alpha value is -2.12. The summed E-state index contributed by atoms with van der Waals surface area (Å²) in [6, 6.07) is 5.84. The van der Waals surface area contributed by atoms with Crippen LogP contribution in [0.5, 0.6) is 0 Å². The molecule has 0 aromatic carbocycles.